The minimum atomic E-state index is -0.539. The second-order valence-electron chi connectivity index (χ2n) is 4.14. The minimum Gasteiger partial charge on any atom is -0.385 e. The molecule has 86 valence electrons. The molecule has 0 atom stereocenters. The Kier molecular flexibility index (Phi) is 4.33. The van der Waals surface area contributed by atoms with Crippen LogP contribution in [0, 0.1) is 0 Å². The van der Waals surface area contributed by atoms with E-state index >= 15 is 0 Å². The van der Waals surface area contributed by atoms with Crippen molar-refractivity contribution < 1.29 is 5.11 Å². The van der Waals surface area contributed by atoms with Gasteiger partial charge in [0.25, 0.3) is 0 Å². The van der Waals surface area contributed by atoms with Crippen LogP contribution in [0.3, 0.4) is 0 Å². The molecule has 1 aromatic carbocycles. The predicted octanol–water partition coefficient (Wildman–Crippen LogP) is 4.36. The van der Waals surface area contributed by atoms with Gasteiger partial charge in [-0.2, -0.15) is 0 Å². The SMILES string of the molecule is OC1(/C(I)=C/Sc2ccccc2)CCCC1. The van der Waals surface area contributed by atoms with Crippen LogP contribution in [0.25, 0.3) is 0 Å². The number of rotatable bonds is 3. The normalized spacial score (nSPS) is 20.0. The highest BCUT2D eigenvalue weighted by Gasteiger charge is 2.33. The van der Waals surface area contributed by atoms with Gasteiger partial charge in [0.1, 0.15) is 0 Å². The van der Waals surface area contributed by atoms with Crippen molar-refractivity contribution in [1.82, 2.24) is 0 Å². The van der Waals surface area contributed by atoms with Gasteiger partial charge < -0.3 is 5.11 Å². The average molecular weight is 346 g/mol. The van der Waals surface area contributed by atoms with Crippen molar-refractivity contribution in [3.63, 3.8) is 0 Å². The van der Waals surface area contributed by atoms with Gasteiger partial charge >= 0.3 is 0 Å². The number of aliphatic hydroxyl groups is 1. The van der Waals surface area contributed by atoms with Crippen LogP contribution in [0.4, 0.5) is 0 Å². The van der Waals surface area contributed by atoms with E-state index in [4.69, 9.17) is 0 Å². The first kappa shape index (κ1) is 12.5. The molecular formula is C13H15IOS. The van der Waals surface area contributed by atoms with Crippen LogP contribution in [0.5, 0.6) is 0 Å². The minimum absolute atomic E-state index is 0.539. The van der Waals surface area contributed by atoms with Crippen LogP contribution in [0.15, 0.2) is 44.2 Å². The highest BCUT2D eigenvalue weighted by atomic mass is 127. The summed E-state index contributed by atoms with van der Waals surface area (Å²) in [4.78, 5) is 1.22. The molecule has 1 nitrogen and oxygen atoms in total. The summed E-state index contributed by atoms with van der Waals surface area (Å²) in [6.45, 7) is 0. The van der Waals surface area contributed by atoms with Gasteiger partial charge in [-0.05, 0) is 53.0 Å². The molecule has 0 saturated heterocycles. The lowest BCUT2D eigenvalue weighted by Crippen LogP contribution is -2.23. The molecule has 0 radical (unpaired) electrons. The summed E-state index contributed by atoms with van der Waals surface area (Å²) in [5.41, 5.74) is -0.539. The maximum Gasteiger partial charge on any atom is 0.0958 e. The third-order valence-corrected chi connectivity index (χ3v) is 5.55. The van der Waals surface area contributed by atoms with E-state index in [2.05, 4.69) is 40.1 Å². The Morgan fingerprint density at radius 3 is 2.50 bits per heavy atom. The van der Waals surface area contributed by atoms with Gasteiger partial charge in [0.15, 0.2) is 0 Å². The summed E-state index contributed by atoms with van der Waals surface area (Å²) in [5, 5.41) is 12.4. The van der Waals surface area contributed by atoms with Crippen LogP contribution in [0.1, 0.15) is 25.7 Å². The summed E-state index contributed by atoms with van der Waals surface area (Å²) in [5.74, 6) is 0. The van der Waals surface area contributed by atoms with Crippen molar-refractivity contribution in [3.8, 4) is 0 Å². The number of benzene rings is 1. The molecule has 2 rings (SSSR count). The van der Waals surface area contributed by atoms with E-state index in [-0.39, 0.29) is 0 Å². The molecule has 1 aliphatic carbocycles. The van der Waals surface area contributed by atoms with Crippen LogP contribution in [0.2, 0.25) is 0 Å². The van der Waals surface area contributed by atoms with Crippen LogP contribution >= 0.6 is 34.4 Å². The zero-order valence-electron chi connectivity index (χ0n) is 9.03. The summed E-state index contributed by atoms with van der Waals surface area (Å²) >= 11 is 3.96. The fourth-order valence-corrected chi connectivity index (χ4v) is 3.62. The van der Waals surface area contributed by atoms with E-state index in [1.807, 2.05) is 18.2 Å². The Hall–Kier alpha value is -0.000000000000000111. The summed E-state index contributed by atoms with van der Waals surface area (Å²) in [6, 6.07) is 10.3. The van der Waals surface area contributed by atoms with E-state index in [0.717, 1.165) is 29.3 Å². The standard InChI is InChI=1S/C13H15IOS/c14-12(13(15)8-4-5-9-13)10-16-11-6-2-1-3-7-11/h1-3,6-7,10,15H,4-5,8-9H2/b12-10-. The highest BCUT2D eigenvalue weighted by molar-refractivity contribution is 14.1. The van der Waals surface area contributed by atoms with Gasteiger partial charge in [-0.15, -0.1) is 0 Å². The Labute approximate surface area is 114 Å². The van der Waals surface area contributed by atoms with Gasteiger partial charge in [-0.3, -0.25) is 0 Å². The van der Waals surface area contributed by atoms with E-state index in [9.17, 15) is 5.11 Å². The fourth-order valence-electron chi connectivity index (χ4n) is 1.93. The van der Waals surface area contributed by atoms with Gasteiger partial charge in [-0.25, -0.2) is 0 Å². The summed E-state index contributed by atoms with van der Waals surface area (Å²) < 4.78 is 1.08. The van der Waals surface area contributed by atoms with Crippen molar-refractivity contribution >= 4 is 34.4 Å². The average Bonchev–Trinajstić information content (AvgIpc) is 2.76. The molecule has 1 aromatic rings. The van der Waals surface area contributed by atoms with Crippen molar-refractivity contribution in [1.29, 1.82) is 0 Å². The first-order valence-corrected chi connectivity index (χ1v) is 7.47. The largest absolute Gasteiger partial charge is 0.385 e. The lowest BCUT2D eigenvalue weighted by molar-refractivity contribution is 0.0975. The molecule has 1 N–H and O–H groups in total. The molecule has 0 amide bonds. The molecule has 1 aliphatic rings. The first-order valence-electron chi connectivity index (χ1n) is 5.51. The Morgan fingerprint density at radius 2 is 1.88 bits per heavy atom. The molecule has 0 heterocycles. The van der Waals surface area contributed by atoms with Crippen LogP contribution in [-0.2, 0) is 0 Å². The molecule has 16 heavy (non-hydrogen) atoms. The molecule has 0 spiro atoms. The monoisotopic (exact) mass is 346 g/mol. The van der Waals surface area contributed by atoms with E-state index < -0.39 is 5.60 Å². The molecular weight excluding hydrogens is 331 g/mol. The maximum atomic E-state index is 10.3. The van der Waals surface area contributed by atoms with Crippen molar-refractivity contribution in [2.24, 2.45) is 0 Å². The topological polar surface area (TPSA) is 20.2 Å². The Bertz CT molecular complexity index is 369. The van der Waals surface area contributed by atoms with Crippen molar-refractivity contribution in [2.45, 2.75) is 36.2 Å². The zero-order valence-corrected chi connectivity index (χ0v) is 12.0. The third-order valence-electron chi connectivity index (χ3n) is 2.92. The molecule has 0 unspecified atom stereocenters. The summed E-state index contributed by atoms with van der Waals surface area (Å²) in [7, 11) is 0. The third kappa shape index (κ3) is 3.02. The molecule has 1 saturated carbocycles. The van der Waals surface area contributed by atoms with Crippen LogP contribution < -0.4 is 0 Å². The molecule has 0 aromatic heterocycles. The van der Waals surface area contributed by atoms with Crippen molar-refractivity contribution in [2.75, 3.05) is 0 Å². The molecule has 0 bridgehead atoms. The van der Waals surface area contributed by atoms with Gasteiger partial charge in [0.2, 0.25) is 0 Å². The molecule has 0 aliphatic heterocycles. The van der Waals surface area contributed by atoms with Gasteiger partial charge in [0, 0.05) is 8.48 Å². The number of hydrogen-bond acceptors (Lipinski definition) is 2. The second kappa shape index (κ2) is 5.56. The zero-order chi connectivity index (χ0) is 11.4. The first-order chi connectivity index (χ1) is 7.71. The number of halogens is 1. The van der Waals surface area contributed by atoms with Gasteiger partial charge in [0.05, 0.1) is 5.60 Å². The lowest BCUT2D eigenvalue weighted by atomic mass is 10.0. The Balaban J connectivity index is 2.02. The van der Waals surface area contributed by atoms with Gasteiger partial charge in [-0.1, -0.05) is 42.8 Å². The van der Waals surface area contributed by atoms with Crippen LogP contribution in [-0.4, -0.2) is 10.7 Å². The fraction of sp³-hybridized carbons (Fsp3) is 0.385. The number of hydrogen-bond donors (Lipinski definition) is 1. The number of thioether (sulfide) groups is 1. The molecule has 3 heteroatoms. The van der Waals surface area contributed by atoms with Crippen molar-refractivity contribution in [3.05, 3.63) is 39.3 Å². The lowest BCUT2D eigenvalue weighted by Gasteiger charge is -2.21. The van der Waals surface area contributed by atoms with E-state index in [1.54, 1.807) is 11.8 Å². The highest BCUT2D eigenvalue weighted by Crippen LogP contribution is 2.40. The quantitative estimate of drug-likeness (QED) is 0.648. The second-order valence-corrected chi connectivity index (χ2v) is 6.24. The molecule has 1 fully saturated rings. The van der Waals surface area contributed by atoms with E-state index in [1.165, 1.54) is 4.90 Å². The predicted molar refractivity (Wildman–Crippen MR) is 77.8 cm³/mol. The Morgan fingerprint density at radius 1 is 1.25 bits per heavy atom. The summed E-state index contributed by atoms with van der Waals surface area (Å²) in [6.07, 6.45) is 4.12. The maximum absolute atomic E-state index is 10.3. The van der Waals surface area contributed by atoms with E-state index in [0.29, 0.717) is 0 Å². The smallest absolute Gasteiger partial charge is 0.0958 e.